The predicted octanol–water partition coefficient (Wildman–Crippen LogP) is 4.16. The van der Waals surface area contributed by atoms with E-state index in [0.717, 1.165) is 16.8 Å². The standard InChI is InChI=1S/C23H25N5O3S/c1-15(25-16(2)29)17-8-10-18(11-9-17)20-14-32-23(27-20)28-21(30)12-13-24-22(31)26-19-6-4-3-5-7-19/h3-11,14-15H,12-13H2,1-2H3,(H,25,29)(H2,24,26,31)(H,27,28,30). The third kappa shape index (κ3) is 6.92. The molecule has 9 heteroatoms. The van der Waals surface area contributed by atoms with Gasteiger partial charge in [0.15, 0.2) is 5.13 Å². The van der Waals surface area contributed by atoms with Gasteiger partial charge in [-0.3, -0.25) is 9.59 Å². The number of hydrogen-bond acceptors (Lipinski definition) is 5. The molecule has 0 radical (unpaired) electrons. The minimum atomic E-state index is -0.364. The van der Waals surface area contributed by atoms with Crippen molar-refractivity contribution >= 4 is 40.0 Å². The summed E-state index contributed by atoms with van der Waals surface area (Å²) >= 11 is 1.33. The van der Waals surface area contributed by atoms with Gasteiger partial charge in [0.25, 0.3) is 0 Å². The van der Waals surface area contributed by atoms with Gasteiger partial charge in [-0.05, 0) is 24.6 Å². The zero-order valence-corrected chi connectivity index (χ0v) is 18.7. The van der Waals surface area contributed by atoms with Crippen LogP contribution in [-0.2, 0) is 9.59 Å². The molecule has 0 spiro atoms. The average Bonchev–Trinajstić information content (AvgIpc) is 3.22. The van der Waals surface area contributed by atoms with E-state index < -0.39 is 0 Å². The van der Waals surface area contributed by atoms with Crippen LogP contribution in [0.25, 0.3) is 11.3 Å². The van der Waals surface area contributed by atoms with Crippen LogP contribution in [0.2, 0.25) is 0 Å². The third-order valence-corrected chi connectivity index (χ3v) is 5.30. The number of carbonyl (C=O) groups excluding carboxylic acids is 3. The first-order valence-corrected chi connectivity index (χ1v) is 11.0. The second kappa shape index (κ2) is 11.1. The smallest absolute Gasteiger partial charge is 0.319 e. The lowest BCUT2D eigenvalue weighted by Gasteiger charge is -2.13. The van der Waals surface area contributed by atoms with Crippen molar-refractivity contribution in [2.45, 2.75) is 26.3 Å². The summed E-state index contributed by atoms with van der Waals surface area (Å²) in [6.07, 6.45) is 0.132. The zero-order chi connectivity index (χ0) is 22.9. The summed E-state index contributed by atoms with van der Waals surface area (Å²) in [5, 5.41) is 13.3. The highest BCUT2D eigenvalue weighted by Gasteiger charge is 2.11. The lowest BCUT2D eigenvalue weighted by atomic mass is 10.1. The van der Waals surface area contributed by atoms with Crippen molar-refractivity contribution in [3.8, 4) is 11.3 Å². The molecule has 8 nitrogen and oxygen atoms in total. The van der Waals surface area contributed by atoms with Crippen molar-refractivity contribution in [2.24, 2.45) is 0 Å². The lowest BCUT2D eigenvalue weighted by Crippen LogP contribution is -2.31. The van der Waals surface area contributed by atoms with Crippen LogP contribution in [0.5, 0.6) is 0 Å². The third-order valence-electron chi connectivity index (χ3n) is 4.55. The van der Waals surface area contributed by atoms with Crippen LogP contribution in [-0.4, -0.2) is 29.4 Å². The second-order valence-electron chi connectivity index (χ2n) is 7.13. The summed E-state index contributed by atoms with van der Waals surface area (Å²) in [6, 6.07) is 16.4. The maximum absolute atomic E-state index is 12.2. The van der Waals surface area contributed by atoms with Gasteiger partial charge < -0.3 is 21.3 Å². The van der Waals surface area contributed by atoms with Gasteiger partial charge in [0.1, 0.15) is 0 Å². The van der Waals surface area contributed by atoms with Gasteiger partial charge in [-0.25, -0.2) is 9.78 Å². The molecular weight excluding hydrogens is 426 g/mol. The van der Waals surface area contributed by atoms with Gasteiger partial charge >= 0.3 is 6.03 Å². The van der Waals surface area contributed by atoms with Gasteiger partial charge in [-0.1, -0.05) is 42.5 Å². The zero-order valence-electron chi connectivity index (χ0n) is 17.8. The Labute approximate surface area is 190 Å². The van der Waals surface area contributed by atoms with Gasteiger partial charge in [-0.2, -0.15) is 0 Å². The number of benzene rings is 2. The molecule has 1 aromatic heterocycles. The number of rotatable bonds is 8. The van der Waals surface area contributed by atoms with Crippen LogP contribution < -0.4 is 21.3 Å². The van der Waals surface area contributed by atoms with E-state index in [0.29, 0.717) is 10.8 Å². The van der Waals surface area contributed by atoms with E-state index in [-0.39, 0.29) is 36.9 Å². The highest BCUT2D eigenvalue weighted by Crippen LogP contribution is 2.26. The number of nitrogens with one attached hydrogen (secondary N) is 4. The number of urea groups is 1. The topological polar surface area (TPSA) is 112 Å². The van der Waals surface area contributed by atoms with Crippen molar-refractivity contribution in [3.05, 3.63) is 65.5 Å². The molecule has 0 saturated heterocycles. The molecule has 0 aliphatic heterocycles. The van der Waals surface area contributed by atoms with Gasteiger partial charge in [0, 0.05) is 36.5 Å². The van der Waals surface area contributed by atoms with E-state index in [1.165, 1.54) is 18.3 Å². The Hall–Kier alpha value is -3.72. The highest BCUT2D eigenvalue weighted by atomic mass is 32.1. The number of hydrogen-bond donors (Lipinski definition) is 4. The molecule has 3 aromatic rings. The molecule has 166 valence electrons. The predicted molar refractivity (Wildman–Crippen MR) is 126 cm³/mol. The first kappa shape index (κ1) is 23.0. The Bertz CT molecular complexity index is 1070. The molecule has 0 aliphatic rings. The van der Waals surface area contributed by atoms with Crippen LogP contribution >= 0.6 is 11.3 Å². The van der Waals surface area contributed by atoms with Crippen LogP contribution in [0.15, 0.2) is 60.0 Å². The molecule has 1 atom stereocenters. The minimum Gasteiger partial charge on any atom is -0.350 e. The number of thiazole rings is 1. The number of nitrogens with zero attached hydrogens (tertiary/aromatic N) is 1. The molecule has 32 heavy (non-hydrogen) atoms. The van der Waals surface area contributed by atoms with Crippen molar-refractivity contribution in [1.29, 1.82) is 0 Å². The molecule has 2 aromatic carbocycles. The first-order chi connectivity index (χ1) is 15.4. The van der Waals surface area contributed by atoms with Crippen LogP contribution in [0.1, 0.15) is 31.9 Å². The fourth-order valence-electron chi connectivity index (χ4n) is 2.96. The van der Waals surface area contributed by atoms with Crippen molar-refractivity contribution in [3.63, 3.8) is 0 Å². The SMILES string of the molecule is CC(=O)NC(C)c1ccc(-c2csc(NC(=O)CCNC(=O)Nc3ccccc3)n2)cc1. The Morgan fingerprint density at radius 2 is 1.72 bits per heavy atom. The normalized spacial score (nSPS) is 11.3. The fraction of sp³-hybridized carbons (Fsp3) is 0.217. The maximum Gasteiger partial charge on any atom is 0.319 e. The summed E-state index contributed by atoms with van der Waals surface area (Å²) in [4.78, 5) is 39.7. The second-order valence-corrected chi connectivity index (χ2v) is 7.99. The fourth-order valence-corrected chi connectivity index (χ4v) is 3.70. The quantitative estimate of drug-likeness (QED) is 0.412. The number of aromatic nitrogens is 1. The van der Waals surface area contributed by atoms with Gasteiger partial charge in [0.2, 0.25) is 11.8 Å². The van der Waals surface area contributed by atoms with Crippen LogP contribution in [0, 0.1) is 0 Å². The highest BCUT2D eigenvalue weighted by molar-refractivity contribution is 7.14. The van der Waals surface area contributed by atoms with Crippen molar-refractivity contribution in [1.82, 2.24) is 15.6 Å². The lowest BCUT2D eigenvalue weighted by molar-refractivity contribution is -0.119. The summed E-state index contributed by atoms with van der Waals surface area (Å²) < 4.78 is 0. The van der Waals surface area contributed by atoms with E-state index >= 15 is 0 Å². The van der Waals surface area contributed by atoms with Crippen LogP contribution in [0.4, 0.5) is 15.6 Å². The minimum absolute atomic E-state index is 0.0739. The Kier molecular flexibility index (Phi) is 7.93. The molecule has 1 heterocycles. The summed E-state index contributed by atoms with van der Waals surface area (Å²) in [5.74, 6) is -0.307. The average molecular weight is 452 g/mol. The van der Waals surface area contributed by atoms with E-state index in [1.807, 2.05) is 54.8 Å². The summed E-state index contributed by atoms with van der Waals surface area (Å²) in [6.45, 7) is 3.62. The number of anilines is 2. The van der Waals surface area contributed by atoms with E-state index in [2.05, 4.69) is 26.3 Å². The van der Waals surface area contributed by atoms with Gasteiger partial charge in [0.05, 0.1) is 11.7 Å². The van der Waals surface area contributed by atoms with E-state index in [4.69, 9.17) is 0 Å². The molecule has 4 amide bonds. The molecular formula is C23H25N5O3S. The Morgan fingerprint density at radius 3 is 2.41 bits per heavy atom. The van der Waals surface area contributed by atoms with Crippen LogP contribution in [0.3, 0.4) is 0 Å². The number of carbonyl (C=O) groups is 3. The summed E-state index contributed by atoms with van der Waals surface area (Å²) in [7, 11) is 0. The molecule has 3 rings (SSSR count). The largest absolute Gasteiger partial charge is 0.350 e. The van der Waals surface area contributed by atoms with E-state index in [9.17, 15) is 14.4 Å². The van der Waals surface area contributed by atoms with Crippen molar-refractivity contribution in [2.75, 3.05) is 17.2 Å². The number of amides is 4. The molecule has 0 aliphatic carbocycles. The molecule has 4 N–H and O–H groups in total. The van der Waals surface area contributed by atoms with E-state index in [1.54, 1.807) is 12.1 Å². The number of para-hydroxylation sites is 1. The molecule has 0 bridgehead atoms. The maximum atomic E-state index is 12.2. The monoisotopic (exact) mass is 451 g/mol. The van der Waals surface area contributed by atoms with Gasteiger partial charge in [-0.15, -0.1) is 11.3 Å². The molecule has 0 saturated carbocycles. The molecule has 1 unspecified atom stereocenters. The first-order valence-electron chi connectivity index (χ1n) is 10.1. The Balaban J connectivity index is 1.45. The summed E-state index contributed by atoms with van der Waals surface area (Å²) in [5.41, 5.74) is 3.35. The van der Waals surface area contributed by atoms with Crippen molar-refractivity contribution < 1.29 is 14.4 Å². The molecule has 0 fully saturated rings. The Morgan fingerprint density at radius 1 is 1.00 bits per heavy atom.